The molecule has 1 aromatic carbocycles. The smallest absolute Gasteiger partial charge is 0.360 e. The fraction of sp³-hybridized carbons (Fsp3) is 0.417. The van der Waals surface area contributed by atoms with Gasteiger partial charge in [0.2, 0.25) is 0 Å². The molecule has 0 N–H and O–H groups in total. The number of nitrogens with zero attached hydrogens (tertiary/aromatic N) is 2. The third-order valence-electron chi connectivity index (χ3n) is 2.39. The van der Waals surface area contributed by atoms with Crippen LogP contribution in [0.2, 0.25) is 0 Å². The molecule has 0 aromatic heterocycles. The number of benzene rings is 1. The van der Waals surface area contributed by atoms with Crippen molar-refractivity contribution in [1.29, 1.82) is 5.26 Å². The van der Waals surface area contributed by atoms with E-state index in [2.05, 4.69) is 0 Å². The van der Waals surface area contributed by atoms with Gasteiger partial charge >= 0.3 is 6.18 Å². The first-order valence-corrected chi connectivity index (χ1v) is 5.50. The first-order valence-electron chi connectivity index (χ1n) is 5.50. The number of hydrogen-bond donors (Lipinski definition) is 0. The zero-order valence-corrected chi connectivity index (χ0v) is 10.1. The highest BCUT2D eigenvalue weighted by molar-refractivity contribution is 5.52. The van der Waals surface area contributed by atoms with Crippen LogP contribution in [0, 0.1) is 23.0 Å². The quantitative estimate of drug-likeness (QED) is 0.787. The number of rotatable bonds is 4. The van der Waals surface area contributed by atoms with Crippen LogP contribution in [-0.2, 0) is 0 Å². The van der Waals surface area contributed by atoms with Gasteiger partial charge < -0.3 is 4.90 Å². The van der Waals surface area contributed by atoms with Crippen molar-refractivity contribution >= 4 is 5.69 Å². The summed E-state index contributed by atoms with van der Waals surface area (Å²) in [4.78, 5) is 0.708. The molecule has 0 fully saturated rings. The molecule has 0 heterocycles. The molecule has 19 heavy (non-hydrogen) atoms. The number of nitriles is 1. The lowest BCUT2D eigenvalue weighted by molar-refractivity contribution is -0.119. The average molecular weight is 278 g/mol. The minimum absolute atomic E-state index is 0.0677. The zero-order valence-electron chi connectivity index (χ0n) is 10.1. The van der Waals surface area contributed by atoms with Gasteiger partial charge in [-0.05, 0) is 18.6 Å². The Bertz CT molecular complexity index is 490. The summed E-state index contributed by atoms with van der Waals surface area (Å²) in [5, 5.41) is 8.51. The van der Waals surface area contributed by atoms with Gasteiger partial charge in [-0.15, -0.1) is 0 Å². The molecule has 0 radical (unpaired) electrons. The molecule has 0 amide bonds. The number of anilines is 1. The van der Waals surface area contributed by atoms with Crippen molar-refractivity contribution in [3.63, 3.8) is 0 Å². The predicted octanol–water partition coefficient (Wildman–Crippen LogP) is 3.62. The highest BCUT2D eigenvalue weighted by atomic mass is 19.4. The van der Waals surface area contributed by atoms with Crippen LogP contribution in [0.15, 0.2) is 12.1 Å². The number of halogens is 5. The summed E-state index contributed by atoms with van der Waals surface area (Å²) in [5.74, 6) is -2.86. The second-order valence-electron chi connectivity index (χ2n) is 3.91. The van der Waals surface area contributed by atoms with Crippen LogP contribution in [0.4, 0.5) is 27.6 Å². The minimum Gasteiger partial charge on any atom is -0.360 e. The van der Waals surface area contributed by atoms with Gasteiger partial charge in [0.1, 0.15) is 12.6 Å². The van der Waals surface area contributed by atoms with Crippen molar-refractivity contribution in [2.45, 2.75) is 19.5 Å². The van der Waals surface area contributed by atoms with E-state index in [0.29, 0.717) is 11.3 Å². The molecule has 0 atom stereocenters. The molecule has 2 nitrogen and oxygen atoms in total. The van der Waals surface area contributed by atoms with E-state index in [4.69, 9.17) is 5.26 Å². The summed E-state index contributed by atoms with van der Waals surface area (Å²) in [6.07, 6.45) is -4.18. The topological polar surface area (TPSA) is 27.0 Å². The van der Waals surface area contributed by atoms with Crippen LogP contribution in [0.1, 0.15) is 18.9 Å². The molecule has 0 saturated heterocycles. The first-order chi connectivity index (χ1) is 8.80. The molecule has 104 valence electrons. The Morgan fingerprint density at radius 2 is 1.84 bits per heavy atom. The molecule has 0 aliphatic carbocycles. The predicted molar refractivity (Wildman–Crippen MR) is 59.6 cm³/mol. The molecule has 0 unspecified atom stereocenters. The zero-order chi connectivity index (χ0) is 14.6. The van der Waals surface area contributed by atoms with Gasteiger partial charge in [0, 0.05) is 6.54 Å². The Balaban J connectivity index is 3.17. The van der Waals surface area contributed by atoms with Gasteiger partial charge in [-0.3, -0.25) is 0 Å². The third-order valence-corrected chi connectivity index (χ3v) is 2.39. The molecular formula is C12H11F5N2. The third kappa shape index (κ3) is 3.81. The van der Waals surface area contributed by atoms with Gasteiger partial charge in [0.15, 0.2) is 11.6 Å². The van der Waals surface area contributed by atoms with Crippen LogP contribution in [0.5, 0.6) is 0 Å². The summed E-state index contributed by atoms with van der Waals surface area (Å²) in [6.45, 7) is 0.187. The molecule has 0 aliphatic rings. The Labute approximate surface area is 107 Å². The van der Waals surface area contributed by atoms with Gasteiger partial charge in [-0.1, -0.05) is 6.92 Å². The summed E-state index contributed by atoms with van der Waals surface area (Å²) in [7, 11) is 0. The van der Waals surface area contributed by atoms with E-state index in [1.807, 2.05) is 0 Å². The largest absolute Gasteiger partial charge is 0.405 e. The Morgan fingerprint density at radius 1 is 1.21 bits per heavy atom. The van der Waals surface area contributed by atoms with E-state index in [1.165, 1.54) is 6.07 Å². The monoisotopic (exact) mass is 278 g/mol. The summed E-state index contributed by atoms with van der Waals surface area (Å²) in [5.41, 5.74) is -1.03. The van der Waals surface area contributed by atoms with Gasteiger partial charge in [0.05, 0.1) is 11.3 Å². The van der Waals surface area contributed by atoms with Crippen molar-refractivity contribution in [1.82, 2.24) is 0 Å². The fourth-order valence-corrected chi connectivity index (χ4v) is 1.64. The maximum atomic E-state index is 13.7. The van der Waals surface area contributed by atoms with Crippen LogP contribution in [0.25, 0.3) is 0 Å². The second kappa shape index (κ2) is 5.87. The normalized spacial score (nSPS) is 11.2. The van der Waals surface area contributed by atoms with Crippen LogP contribution in [-0.4, -0.2) is 19.3 Å². The van der Waals surface area contributed by atoms with Crippen LogP contribution < -0.4 is 4.90 Å². The lowest BCUT2D eigenvalue weighted by Crippen LogP contribution is -2.35. The molecule has 7 heteroatoms. The minimum atomic E-state index is -4.52. The van der Waals surface area contributed by atoms with Crippen molar-refractivity contribution in [2.24, 2.45) is 0 Å². The fourth-order valence-electron chi connectivity index (χ4n) is 1.64. The van der Waals surface area contributed by atoms with E-state index in [-0.39, 0.29) is 6.54 Å². The van der Waals surface area contributed by atoms with E-state index in [9.17, 15) is 22.0 Å². The molecule has 1 aromatic rings. The van der Waals surface area contributed by atoms with E-state index in [0.717, 1.165) is 12.1 Å². The van der Waals surface area contributed by atoms with Crippen molar-refractivity contribution in [3.05, 3.63) is 29.3 Å². The standard InChI is InChI=1S/C12H11F5N2/c1-2-5-19(7-12(15,16)17)9-4-3-8(6-18)10(13)11(9)14/h3-4H,2,5,7H2,1H3. The van der Waals surface area contributed by atoms with Gasteiger partial charge in [-0.25, -0.2) is 8.78 Å². The first kappa shape index (κ1) is 15.2. The summed E-state index contributed by atoms with van der Waals surface area (Å²) in [6, 6.07) is 3.38. The molecule has 0 aliphatic heterocycles. The maximum absolute atomic E-state index is 13.7. The van der Waals surface area contributed by atoms with E-state index < -0.39 is 35.6 Å². The molecule has 1 rings (SSSR count). The molecular weight excluding hydrogens is 267 g/mol. The van der Waals surface area contributed by atoms with Gasteiger partial charge in [0.25, 0.3) is 0 Å². The Hall–Kier alpha value is -1.84. The highest BCUT2D eigenvalue weighted by Crippen LogP contribution is 2.27. The lowest BCUT2D eigenvalue weighted by atomic mass is 10.1. The number of alkyl halides is 3. The van der Waals surface area contributed by atoms with Crippen molar-refractivity contribution in [3.8, 4) is 6.07 Å². The molecule has 0 bridgehead atoms. The summed E-state index contributed by atoms with van der Waals surface area (Å²) >= 11 is 0. The van der Waals surface area contributed by atoms with Gasteiger partial charge in [-0.2, -0.15) is 18.4 Å². The van der Waals surface area contributed by atoms with E-state index in [1.54, 1.807) is 6.92 Å². The lowest BCUT2D eigenvalue weighted by Gasteiger charge is -2.26. The maximum Gasteiger partial charge on any atom is 0.405 e. The Kier molecular flexibility index (Phi) is 4.70. The van der Waals surface area contributed by atoms with Crippen LogP contribution in [0.3, 0.4) is 0 Å². The Morgan fingerprint density at radius 3 is 2.32 bits per heavy atom. The van der Waals surface area contributed by atoms with E-state index >= 15 is 0 Å². The summed E-state index contributed by atoms with van der Waals surface area (Å²) < 4.78 is 64.2. The van der Waals surface area contributed by atoms with Crippen molar-refractivity contribution in [2.75, 3.05) is 18.0 Å². The van der Waals surface area contributed by atoms with Crippen molar-refractivity contribution < 1.29 is 22.0 Å². The second-order valence-corrected chi connectivity index (χ2v) is 3.91. The number of hydrogen-bond acceptors (Lipinski definition) is 2. The molecule has 0 saturated carbocycles. The molecule has 0 spiro atoms. The average Bonchev–Trinajstić information content (AvgIpc) is 2.30. The SMILES string of the molecule is CCCN(CC(F)(F)F)c1ccc(C#N)c(F)c1F. The van der Waals surface area contributed by atoms with Crippen LogP contribution >= 0.6 is 0 Å². The highest BCUT2D eigenvalue weighted by Gasteiger charge is 2.32.